The van der Waals surface area contributed by atoms with Crippen LogP contribution in [0.15, 0.2) is 36.0 Å². The molecule has 120 valence electrons. The number of allylic oxidation sites excluding steroid dienone is 1. The Bertz CT molecular complexity index is 616. The minimum Gasteiger partial charge on any atom is -0.383 e. The van der Waals surface area contributed by atoms with Crippen molar-refractivity contribution < 1.29 is 4.79 Å². The maximum absolute atomic E-state index is 12.0. The fourth-order valence-corrected chi connectivity index (χ4v) is 1.96. The maximum Gasteiger partial charge on any atom is 0.321 e. The molecular formula is C17H21N5O. The second-order valence-electron chi connectivity index (χ2n) is 4.89. The molecule has 0 aliphatic rings. The molecule has 0 heterocycles. The number of nitriles is 2. The molecule has 0 bridgehead atoms. The van der Waals surface area contributed by atoms with E-state index in [9.17, 15) is 4.79 Å². The van der Waals surface area contributed by atoms with Crippen LogP contribution in [-0.4, -0.2) is 24.0 Å². The van der Waals surface area contributed by atoms with Crippen molar-refractivity contribution in [3.63, 3.8) is 0 Å². The first-order chi connectivity index (χ1) is 11.0. The number of carbonyl (C=O) groups excluding carboxylic acids is 1. The van der Waals surface area contributed by atoms with E-state index in [1.165, 1.54) is 6.20 Å². The van der Waals surface area contributed by atoms with E-state index >= 15 is 0 Å². The number of carbonyl (C=O) groups is 1. The molecule has 0 saturated carbocycles. The van der Waals surface area contributed by atoms with E-state index in [4.69, 9.17) is 10.5 Å². The van der Waals surface area contributed by atoms with Crippen LogP contribution in [0.3, 0.4) is 0 Å². The van der Waals surface area contributed by atoms with Crippen LogP contribution < -0.4 is 10.6 Å². The van der Waals surface area contributed by atoms with Gasteiger partial charge in [0, 0.05) is 31.0 Å². The van der Waals surface area contributed by atoms with Crippen molar-refractivity contribution in [1.29, 1.82) is 10.5 Å². The summed E-state index contributed by atoms with van der Waals surface area (Å²) in [5, 5.41) is 23.2. The zero-order valence-electron chi connectivity index (χ0n) is 13.6. The Labute approximate surface area is 137 Å². The zero-order chi connectivity index (χ0) is 17.2. The highest BCUT2D eigenvalue weighted by atomic mass is 16.2. The van der Waals surface area contributed by atoms with Gasteiger partial charge in [0.05, 0.1) is 0 Å². The number of hydrogen-bond acceptors (Lipinski definition) is 4. The number of amides is 2. The van der Waals surface area contributed by atoms with Crippen molar-refractivity contribution >= 4 is 11.7 Å². The lowest BCUT2D eigenvalue weighted by atomic mass is 10.1. The molecule has 1 atom stereocenters. The van der Waals surface area contributed by atoms with Gasteiger partial charge in [0.2, 0.25) is 0 Å². The lowest BCUT2D eigenvalue weighted by Crippen LogP contribution is -2.34. The molecule has 0 spiro atoms. The molecule has 6 heteroatoms. The average Bonchev–Trinajstić information content (AvgIpc) is 2.57. The Balaban J connectivity index is 2.70. The molecular weight excluding hydrogens is 290 g/mol. The first-order valence-corrected chi connectivity index (χ1v) is 7.48. The van der Waals surface area contributed by atoms with E-state index in [0.717, 1.165) is 11.3 Å². The normalized spacial score (nSPS) is 10.7. The summed E-state index contributed by atoms with van der Waals surface area (Å²) >= 11 is 0. The van der Waals surface area contributed by atoms with Crippen LogP contribution in [0.5, 0.6) is 0 Å². The Kier molecular flexibility index (Phi) is 7.16. The monoisotopic (exact) mass is 311 g/mol. The largest absolute Gasteiger partial charge is 0.383 e. The van der Waals surface area contributed by atoms with Gasteiger partial charge in [-0.25, -0.2) is 4.79 Å². The molecule has 0 radical (unpaired) electrons. The van der Waals surface area contributed by atoms with Crippen LogP contribution in [0.2, 0.25) is 0 Å². The minimum atomic E-state index is -0.121. The summed E-state index contributed by atoms with van der Waals surface area (Å²) < 4.78 is 0. The third-order valence-electron chi connectivity index (χ3n) is 3.43. The predicted octanol–water partition coefficient (Wildman–Crippen LogP) is 3.14. The Hall–Kier alpha value is -2.99. The SMILES string of the molecule is CCN(CC)C(=O)Nc1ccc([C@H](C)NC=C(C#N)C#N)cc1. The molecule has 2 N–H and O–H groups in total. The van der Waals surface area contributed by atoms with Crippen molar-refractivity contribution in [3.8, 4) is 12.1 Å². The van der Waals surface area contributed by atoms with Crippen LogP contribution in [-0.2, 0) is 0 Å². The number of nitrogens with zero attached hydrogens (tertiary/aromatic N) is 3. The topological polar surface area (TPSA) is 91.9 Å². The highest BCUT2D eigenvalue weighted by Gasteiger charge is 2.09. The predicted molar refractivity (Wildman–Crippen MR) is 89.2 cm³/mol. The van der Waals surface area contributed by atoms with Gasteiger partial charge in [0.15, 0.2) is 0 Å². The van der Waals surface area contributed by atoms with Gasteiger partial charge >= 0.3 is 6.03 Å². The highest BCUT2D eigenvalue weighted by Crippen LogP contribution is 2.16. The number of rotatable bonds is 6. The second-order valence-corrected chi connectivity index (χ2v) is 4.89. The van der Waals surface area contributed by atoms with E-state index in [0.29, 0.717) is 13.1 Å². The molecule has 23 heavy (non-hydrogen) atoms. The van der Waals surface area contributed by atoms with E-state index in [1.807, 2.05) is 45.0 Å². The third-order valence-corrected chi connectivity index (χ3v) is 3.43. The van der Waals surface area contributed by atoms with Gasteiger partial charge in [0.1, 0.15) is 17.7 Å². The van der Waals surface area contributed by atoms with Crippen molar-refractivity contribution in [1.82, 2.24) is 10.2 Å². The molecule has 0 unspecified atom stereocenters. The number of urea groups is 1. The van der Waals surface area contributed by atoms with Gasteiger partial charge in [0.25, 0.3) is 0 Å². The van der Waals surface area contributed by atoms with Crippen LogP contribution in [0.25, 0.3) is 0 Å². The summed E-state index contributed by atoms with van der Waals surface area (Å²) in [5.74, 6) is 0. The molecule has 0 aliphatic carbocycles. The number of benzene rings is 1. The lowest BCUT2D eigenvalue weighted by Gasteiger charge is -2.19. The summed E-state index contributed by atoms with van der Waals surface area (Å²) in [6, 6.07) is 10.9. The molecule has 1 aromatic rings. The Morgan fingerprint density at radius 1 is 1.22 bits per heavy atom. The summed E-state index contributed by atoms with van der Waals surface area (Å²) in [5.41, 5.74) is 1.74. The molecule has 6 nitrogen and oxygen atoms in total. The van der Waals surface area contributed by atoms with E-state index in [1.54, 1.807) is 17.0 Å². The van der Waals surface area contributed by atoms with Crippen LogP contribution in [0, 0.1) is 22.7 Å². The fourth-order valence-electron chi connectivity index (χ4n) is 1.96. The zero-order valence-corrected chi connectivity index (χ0v) is 13.6. The van der Waals surface area contributed by atoms with Crippen LogP contribution in [0.1, 0.15) is 32.4 Å². The standard InChI is InChI=1S/C17H21N5O/c1-4-22(5-2)17(23)21-16-8-6-15(7-9-16)13(3)20-12-14(10-18)11-19/h6-9,12-13,20H,4-5H2,1-3H3,(H,21,23)/t13-/m0/s1. The lowest BCUT2D eigenvalue weighted by molar-refractivity contribution is 0.217. The van der Waals surface area contributed by atoms with Gasteiger partial charge in [-0.05, 0) is 38.5 Å². The first-order valence-electron chi connectivity index (χ1n) is 7.48. The van der Waals surface area contributed by atoms with Gasteiger partial charge in [-0.15, -0.1) is 0 Å². The first kappa shape index (κ1) is 18.1. The third kappa shape index (κ3) is 5.37. The molecule has 1 aromatic carbocycles. The van der Waals surface area contributed by atoms with Gasteiger partial charge in [-0.3, -0.25) is 0 Å². The van der Waals surface area contributed by atoms with Crippen molar-refractivity contribution in [2.45, 2.75) is 26.8 Å². The van der Waals surface area contributed by atoms with Gasteiger partial charge in [-0.1, -0.05) is 12.1 Å². The average molecular weight is 311 g/mol. The van der Waals surface area contributed by atoms with Crippen LogP contribution >= 0.6 is 0 Å². The summed E-state index contributed by atoms with van der Waals surface area (Å²) in [6.07, 6.45) is 1.40. The number of nitrogens with one attached hydrogen (secondary N) is 2. The molecule has 1 rings (SSSR count). The summed E-state index contributed by atoms with van der Waals surface area (Å²) in [4.78, 5) is 13.7. The molecule has 0 aromatic heterocycles. The fraction of sp³-hybridized carbons (Fsp3) is 0.353. The van der Waals surface area contributed by atoms with Crippen molar-refractivity contribution in [2.24, 2.45) is 0 Å². The number of anilines is 1. The van der Waals surface area contributed by atoms with E-state index in [-0.39, 0.29) is 17.6 Å². The second kappa shape index (κ2) is 9.11. The van der Waals surface area contributed by atoms with Crippen molar-refractivity contribution in [3.05, 3.63) is 41.6 Å². The molecule has 0 saturated heterocycles. The maximum atomic E-state index is 12.0. The summed E-state index contributed by atoms with van der Waals surface area (Å²) in [7, 11) is 0. The minimum absolute atomic E-state index is 0.0277. The van der Waals surface area contributed by atoms with Gasteiger partial charge < -0.3 is 15.5 Å². The molecule has 0 fully saturated rings. The quantitative estimate of drug-likeness (QED) is 0.789. The molecule has 2 amide bonds. The Morgan fingerprint density at radius 2 is 1.78 bits per heavy atom. The Morgan fingerprint density at radius 3 is 2.26 bits per heavy atom. The van der Waals surface area contributed by atoms with E-state index < -0.39 is 0 Å². The highest BCUT2D eigenvalue weighted by molar-refractivity contribution is 5.89. The summed E-state index contributed by atoms with van der Waals surface area (Å²) in [6.45, 7) is 7.11. The number of hydrogen-bond donors (Lipinski definition) is 2. The van der Waals surface area contributed by atoms with Crippen molar-refractivity contribution in [2.75, 3.05) is 18.4 Å². The van der Waals surface area contributed by atoms with E-state index in [2.05, 4.69) is 10.6 Å². The smallest absolute Gasteiger partial charge is 0.321 e. The van der Waals surface area contributed by atoms with Crippen LogP contribution in [0.4, 0.5) is 10.5 Å². The molecule has 0 aliphatic heterocycles. The van der Waals surface area contributed by atoms with Gasteiger partial charge in [-0.2, -0.15) is 10.5 Å².